The van der Waals surface area contributed by atoms with E-state index in [1.165, 1.54) is 55.2 Å². The highest BCUT2D eigenvalue weighted by Crippen LogP contribution is 2.20. The SMILES string of the molecule is CCCCCCCCCCCCCC(=O)N[C@@H](CC(=O)O)C(=O)N[C@@H](CCCN=C(N)N)C(=O)N[C@@H](CCSC)C(=O)N1CCC[C@H]1C(=O)O. The molecule has 9 N–H and O–H groups in total. The summed E-state index contributed by atoms with van der Waals surface area (Å²) in [7, 11) is 0. The molecule has 0 aromatic carbocycles. The highest BCUT2D eigenvalue weighted by molar-refractivity contribution is 7.98. The standard InChI is InChI=1S/C34H61N7O8S/c1-3-4-5-6-7-8-9-10-11-12-13-18-28(42)38-26(23-29(43)44)31(46)39-24(16-14-20-37-34(35)36)30(45)40-25(19-22-50-2)32(47)41-21-15-17-27(41)33(48)49/h24-27H,3-23H2,1-2H3,(H,38,42)(H,39,46)(H,40,45)(H,43,44)(H,48,49)(H4,35,36,37)/t24-,25-,26-,27-/m0/s1. The first-order chi connectivity index (χ1) is 23.9. The molecule has 0 spiro atoms. The van der Waals surface area contributed by atoms with Gasteiger partial charge in [-0.25, -0.2) is 4.79 Å². The van der Waals surface area contributed by atoms with Gasteiger partial charge in [-0.2, -0.15) is 11.8 Å². The second kappa shape index (κ2) is 26.3. The number of likely N-dealkylation sites (tertiary alicyclic amines) is 1. The van der Waals surface area contributed by atoms with Gasteiger partial charge in [-0.15, -0.1) is 0 Å². The lowest BCUT2D eigenvalue weighted by molar-refractivity contribution is -0.149. The zero-order valence-electron chi connectivity index (χ0n) is 30.0. The van der Waals surface area contributed by atoms with E-state index in [0.717, 1.165) is 25.7 Å². The Hall–Kier alpha value is -3.56. The van der Waals surface area contributed by atoms with Gasteiger partial charge in [0.05, 0.1) is 6.42 Å². The third-order valence-electron chi connectivity index (χ3n) is 8.66. The number of guanidine groups is 1. The van der Waals surface area contributed by atoms with E-state index < -0.39 is 66.2 Å². The number of unbranched alkanes of at least 4 members (excludes halogenated alkanes) is 10. The van der Waals surface area contributed by atoms with E-state index >= 15 is 0 Å². The number of carboxylic acid groups (broad SMARTS) is 2. The number of hydrogen-bond acceptors (Lipinski definition) is 8. The highest BCUT2D eigenvalue weighted by Gasteiger charge is 2.38. The molecule has 50 heavy (non-hydrogen) atoms. The van der Waals surface area contributed by atoms with Crippen LogP contribution in [0, 0.1) is 0 Å². The molecule has 0 aliphatic carbocycles. The van der Waals surface area contributed by atoms with E-state index in [1.807, 2.05) is 6.26 Å². The fourth-order valence-corrected chi connectivity index (χ4v) is 6.37. The van der Waals surface area contributed by atoms with Gasteiger partial charge in [-0.1, -0.05) is 71.1 Å². The molecule has 1 rings (SSSR count). The van der Waals surface area contributed by atoms with Crippen molar-refractivity contribution in [3.05, 3.63) is 0 Å². The van der Waals surface area contributed by atoms with Crippen LogP contribution in [0.1, 0.15) is 122 Å². The van der Waals surface area contributed by atoms with Gasteiger partial charge >= 0.3 is 11.9 Å². The Kier molecular flexibility index (Phi) is 23.4. The lowest BCUT2D eigenvalue weighted by Gasteiger charge is -2.29. The van der Waals surface area contributed by atoms with Crippen LogP contribution in [-0.4, -0.2) is 106 Å². The Labute approximate surface area is 300 Å². The summed E-state index contributed by atoms with van der Waals surface area (Å²) >= 11 is 1.45. The fraction of sp³-hybridized carbons (Fsp3) is 0.794. The van der Waals surface area contributed by atoms with Gasteiger partial charge < -0.3 is 42.5 Å². The van der Waals surface area contributed by atoms with Crippen molar-refractivity contribution < 1.29 is 39.0 Å². The van der Waals surface area contributed by atoms with Crippen LogP contribution in [0.15, 0.2) is 4.99 Å². The number of nitrogens with zero attached hydrogens (tertiary/aromatic N) is 2. The monoisotopic (exact) mass is 727 g/mol. The van der Waals surface area contributed by atoms with Crippen molar-refractivity contribution in [2.24, 2.45) is 16.5 Å². The number of thioether (sulfide) groups is 1. The molecule has 0 aromatic rings. The van der Waals surface area contributed by atoms with Gasteiger partial charge in [-0.05, 0) is 50.5 Å². The predicted molar refractivity (Wildman–Crippen MR) is 194 cm³/mol. The lowest BCUT2D eigenvalue weighted by atomic mass is 10.0. The third kappa shape index (κ3) is 19.0. The van der Waals surface area contributed by atoms with E-state index in [9.17, 15) is 39.0 Å². The Morgan fingerprint density at radius 2 is 1.38 bits per heavy atom. The number of carbonyl (C=O) groups excluding carboxylic acids is 4. The van der Waals surface area contributed by atoms with Crippen molar-refractivity contribution in [1.29, 1.82) is 0 Å². The zero-order chi connectivity index (χ0) is 37.3. The normalized spacial score (nSPS) is 15.8. The minimum atomic E-state index is -1.43. The molecule has 4 atom stereocenters. The summed E-state index contributed by atoms with van der Waals surface area (Å²) in [5.41, 5.74) is 10.8. The van der Waals surface area contributed by atoms with Crippen molar-refractivity contribution in [2.45, 2.75) is 147 Å². The first-order valence-electron chi connectivity index (χ1n) is 18.1. The predicted octanol–water partition coefficient (Wildman–Crippen LogP) is 2.50. The maximum atomic E-state index is 13.6. The summed E-state index contributed by atoms with van der Waals surface area (Å²) < 4.78 is 0. The molecule has 0 bridgehead atoms. The highest BCUT2D eigenvalue weighted by atomic mass is 32.2. The van der Waals surface area contributed by atoms with Crippen LogP contribution in [0.2, 0.25) is 0 Å². The van der Waals surface area contributed by atoms with E-state index in [-0.39, 0.29) is 44.7 Å². The van der Waals surface area contributed by atoms with Crippen molar-refractivity contribution in [3.63, 3.8) is 0 Å². The summed E-state index contributed by atoms with van der Waals surface area (Å²) in [6.07, 6.45) is 14.8. The largest absolute Gasteiger partial charge is 0.481 e. The minimum absolute atomic E-state index is 0.0335. The number of amides is 4. The smallest absolute Gasteiger partial charge is 0.326 e. The van der Waals surface area contributed by atoms with E-state index in [4.69, 9.17) is 11.5 Å². The number of rotatable bonds is 28. The number of nitrogens with one attached hydrogen (secondary N) is 3. The van der Waals surface area contributed by atoms with E-state index in [2.05, 4.69) is 27.9 Å². The molecule has 1 heterocycles. The Morgan fingerprint density at radius 3 is 1.94 bits per heavy atom. The van der Waals surface area contributed by atoms with Crippen LogP contribution in [-0.2, 0) is 28.8 Å². The van der Waals surface area contributed by atoms with Gasteiger partial charge in [0.2, 0.25) is 23.6 Å². The van der Waals surface area contributed by atoms with Crippen molar-refractivity contribution in [2.75, 3.05) is 25.1 Å². The minimum Gasteiger partial charge on any atom is -0.481 e. The molecule has 1 aliphatic heterocycles. The average Bonchev–Trinajstić information content (AvgIpc) is 3.56. The molecule has 0 saturated carbocycles. The number of carboxylic acids is 2. The Bertz CT molecular complexity index is 1110. The Morgan fingerprint density at radius 1 is 0.800 bits per heavy atom. The number of carbonyl (C=O) groups is 6. The van der Waals surface area contributed by atoms with Crippen LogP contribution in [0.25, 0.3) is 0 Å². The van der Waals surface area contributed by atoms with Crippen LogP contribution in [0.5, 0.6) is 0 Å². The molecular weight excluding hydrogens is 666 g/mol. The van der Waals surface area contributed by atoms with Gasteiger partial charge in [0.15, 0.2) is 5.96 Å². The fourth-order valence-electron chi connectivity index (χ4n) is 5.90. The van der Waals surface area contributed by atoms with Crippen LogP contribution in [0.3, 0.4) is 0 Å². The van der Waals surface area contributed by atoms with E-state index in [1.54, 1.807) is 0 Å². The van der Waals surface area contributed by atoms with Gasteiger partial charge in [0.1, 0.15) is 24.2 Å². The number of nitrogens with two attached hydrogens (primary N) is 2. The van der Waals surface area contributed by atoms with Crippen LogP contribution in [0.4, 0.5) is 0 Å². The zero-order valence-corrected chi connectivity index (χ0v) is 30.8. The molecule has 1 aliphatic rings. The molecule has 286 valence electrons. The quantitative estimate of drug-likeness (QED) is 0.0351. The molecule has 1 fully saturated rings. The molecule has 1 saturated heterocycles. The second-order valence-electron chi connectivity index (χ2n) is 12.9. The van der Waals surface area contributed by atoms with Crippen molar-refractivity contribution in [3.8, 4) is 0 Å². The lowest BCUT2D eigenvalue weighted by Crippen LogP contribution is -2.58. The van der Waals surface area contributed by atoms with Crippen molar-refractivity contribution >= 4 is 53.3 Å². The molecule has 16 heteroatoms. The summed E-state index contributed by atoms with van der Waals surface area (Å²) in [5, 5.41) is 26.8. The first-order valence-corrected chi connectivity index (χ1v) is 19.5. The van der Waals surface area contributed by atoms with Gasteiger partial charge in [-0.3, -0.25) is 29.0 Å². The molecule has 15 nitrogen and oxygen atoms in total. The summed E-state index contributed by atoms with van der Waals surface area (Å²) in [5.74, 6) is -4.65. The number of hydrogen-bond donors (Lipinski definition) is 7. The Balaban J connectivity index is 2.88. The average molecular weight is 728 g/mol. The molecule has 0 aromatic heterocycles. The van der Waals surface area contributed by atoms with Gasteiger partial charge in [0, 0.05) is 19.5 Å². The molecule has 0 radical (unpaired) electrons. The number of aliphatic carboxylic acids is 2. The van der Waals surface area contributed by atoms with E-state index in [0.29, 0.717) is 25.0 Å². The maximum Gasteiger partial charge on any atom is 0.326 e. The third-order valence-corrected chi connectivity index (χ3v) is 9.31. The van der Waals surface area contributed by atoms with Crippen LogP contribution >= 0.6 is 11.8 Å². The summed E-state index contributed by atoms with van der Waals surface area (Å²) in [6.45, 7) is 2.58. The molecule has 4 amide bonds. The maximum absolute atomic E-state index is 13.6. The molecule has 0 unspecified atom stereocenters. The number of aliphatic imine (C=N–C) groups is 1. The van der Waals surface area contributed by atoms with Crippen molar-refractivity contribution in [1.82, 2.24) is 20.9 Å². The topological polar surface area (TPSA) is 247 Å². The van der Waals surface area contributed by atoms with Gasteiger partial charge in [0.25, 0.3) is 0 Å². The second-order valence-corrected chi connectivity index (χ2v) is 13.9. The molecular formula is C34H61N7O8S. The first kappa shape index (κ1) is 44.5. The summed E-state index contributed by atoms with van der Waals surface area (Å²) in [4.78, 5) is 81.7. The summed E-state index contributed by atoms with van der Waals surface area (Å²) in [6, 6.07) is -4.70. The van der Waals surface area contributed by atoms with Crippen LogP contribution < -0.4 is 27.4 Å².